The number of hydrogen-bond donors (Lipinski definition) is 1. The second kappa shape index (κ2) is 3.97. The van der Waals surface area contributed by atoms with Crippen molar-refractivity contribution in [1.82, 2.24) is 9.97 Å². The number of hydrogen-bond acceptors (Lipinski definition) is 3. The van der Waals surface area contributed by atoms with Crippen LogP contribution in [-0.4, -0.2) is 16.5 Å². The molecule has 1 aromatic rings. The van der Waals surface area contributed by atoms with Crippen LogP contribution in [0.25, 0.3) is 0 Å². The zero-order valence-electron chi connectivity index (χ0n) is 10.8. The SMILES string of the molecule is CC(C)C1(CNc2ncnc3c2CCC3)CC1. The second-order valence-corrected chi connectivity index (χ2v) is 5.87. The maximum absolute atomic E-state index is 4.42. The molecular formula is C14H21N3. The maximum atomic E-state index is 4.42. The molecule has 1 saturated carbocycles. The van der Waals surface area contributed by atoms with Crippen molar-refractivity contribution in [3.8, 4) is 0 Å². The number of rotatable bonds is 4. The Morgan fingerprint density at radius 1 is 1.29 bits per heavy atom. The Balaban J connectivity index is 1.72. The molecule has 0 radical (unpaired) electrons. The lowest BCUT2D eigenvalue weighted by atomic mass is 9.92. The molecule has 0 atom stereocenters. The minimum atomic E-state index is 0.538. The molecule has 17 heavy (non-hydrogen) atoms. The molecule has 3 rings (SSSR count). The molecule has 1 heterocycles. The Labute approximate surface area is 103 Å². The third kappa shape index (κ3) is 1.92. The van der Waals surface area contributed by atoms with E-state index in [4.69, 9.17) is 0 Å². The fourth-order valence-electron chi connectivity index (χ4n) is 2.89. The first-order valence-electron chi connectivity index (χ1n) is 6.78. The molecule has 1 aromatic heterocycles. The van der Waals surface area contributed by atoms with Gasteiger partial charge in [-0.25, -0.2) is 9.97 Å². The smallest absolute Gasteiger partial charge is 0.132 e. The molecule has 0 unspecified atom stereocenters. The molecule has 2 aliphatic rings. The van der Waals surface area contributed by atoms with Gasteiger partial charge in [-0.2, -0.15) is 0 Å². The highest BCUT2D eigenvalue weighted by atomic mass is 15.0. The Morgan fingerprint density at radius 3 is 2.82 bits per heavy atom. The monoisotopic (exact) mass is 231 g/mol. The summed E-state index contributed by atoms with van der Waals surface area (Å²) < 4.78 is 0. The summed E-state index contributed by atoms with van der Waals surface area (Å²) in [5, 5.41) is 3.58. The van der Waals surface area contributed by atoms with E-state index in [2.05, 4.69) is 29.1 Å². The van der Waals surface area contributed by atoms with Gasteiger partial charge in [0.2, 0.25) is 0 Å². The summed E-state index contributed by atoms with van der Waals surface area (Å²) in [6, 6.07) is 0. The molecule has 0 aliphatic heterocycles. The van der Waals surface area contributed by atoms with Crippen LogP contribution in [0.15, 0.2) is 6.33 Å². The van der Waals surface area contributed by atoms with E-state index in [9.17, 15) is 0 Å². The molecular weight excluding hydrogens is 210 g/mol. The van der Waals surface area contributed by atoms with Crippen LogP contribution in [0.1, 0.15) is 44.4 Å². The third-order valence-corrected chi connectivity index (χ3v) is 4.60. The molecule has 1 fully saturated rings. The van der Waals surface area contributed by atoms with Crippen LogP contribution in [0.2, 0.25) is 0 Å². The number of nitrogens with one attached hydrogen (secondary N) is 1. The summed E-state index contributed by atoms with van der Waals surface area (Å²) in [5.41, 5.74) is 3.17. The summed E-state index contributed by atoms with van der Waals surface area (Å²) in [4.78, 5) is 8.78. The van der Waals surface area contributed by atoms with Gasteiger partial charge in [0.1, 0.15) is 12.1 Å². The molecule has 92 valence electrons. The molecule has 1 N–H and O–H groups in total. The first-order valence-corrected chi connectivity index (χ1v) is 6.78. The van der Waals surface area contributed by atoms with Gasteiger partial charge in [0, 0.05) is 17.8 Å². The van der Waals surface area contributed by atoms with Gasteiger partial charge in [-0.3, -0.25) is 0 Å². The van der Waals surface area contributed by atoms with Crippen LogP contribution >= 0.6 is 0 Å². The molecule has 0 bridgehead atoms. The molecule has 3 nitrogen and oxygen atoms in total. The Kier molecular flexibility index (Phi) is 2.57. The number of aromatic nitrogens is 2. The molecule has 0 aromatic carbocycles. The fourth-order valence-corrected chi connectivity index (χ4v) is 2.89. The van der Waals surface area contributed by atoms with Crippen molar-refractivity contribution in [2.75, 3.05) is 11.9 Å². The van der Waals surface area contributed by atoms with Gasteiger partial charge in [-0.05, 0) is 43.4 Å². The van der Waals surface area contributed by atoms with E-state index in [0.717, 1.165) is 31.1 Å². The summed E-state index contributed by atoms with van der Waals surface area (Å²) in [5.74, 6) is 1.87. The predicted octanol–water partition coefficient (Wildman–Crippen LogP) is 2.81. The van der Waals surface area contributed by atoms with Gasteiger partial charge in [0.15, 0.2) is 0 Å². The van der Waals surface area contributed by atoms with E-state index in [1.165, 1.54) is 30.5 Å². The zero-order valence-corrected chi connectivity index (χ0v) is 10.8. The minimum Gasteiger partial charge on any atom is -0.369 e. The second-order valence-electron chi connectivity index (χ2n) is 5.87. The molecule has 0 spiro atoms. The van der Waals surface area contributed by atoms with Crippen LogP contribution in [-0.2, 0) is 12.8 Å². The first kappa shape index (κ1) is 11.0. The van der Waals surface area contributed by atoms with Crippen molar-refractivity contribution in [1.29, 1.82) is 0 Å². The van der Waals surface area contributed by atoms with E-state index < -0.39 is 0 Å². The van der Waals surface area contributed by atoms with Crippen LogP contribution in [0.3, 0.4) is 0 Å². The van der Waals surface area contributed by atoms with E-state index >= 15 is 0 Å². The van der Waals surface area contributed by atoms with Gasteiger partial charge in [0.05, 0.1) is 0 Å². The molecule has 0 saturated heterocycles. The molecule has 0 amide bonds. The Bertz CT molecular complexity index is 421. The normalized spacial score (nSPS) is 20.4. The lowest BCUT2D eigenvalue weighted by Gasteiger charge is -2.21. The lowest BCUT2D eigenvalue weighted by molar-refractivity contribution is 0.379. The molecule has 3 heteroatoms. The number of fused-ring (bicyclic) bond motifs is 1. The topological polar surface area (TPSA) is 37.8 Å². The summed E-state index contributed by atoms with van der Waals surface area (Å²) in [6.07, 6.45) is 7.95. The van der Waals surface area contributed by atoms with Crippen LogP contribution in [0.4, 0.5) is 5.82 Å². The van der Waals surface area contributed by atoms with Crippen LogP contribution in [0.5, 0.6) is 0 Å². The highest BCUT2D eigenvalue weighted by molar-refractivity contribution is 5.48. The first-order chi connectivity index (χ1) is 8.21. The quantitative estimate of drug-likeness (QED) is 0.866. The average molecular weight is 231 g/mol. The number of anilines is 1. The highest BCUT2D eigenvalue weighted by Gasteiger charge is 2.45. The minimum absolute atomic E-state index is 0.538. The van der Waals surface area contributed by atoms with Crippen LogP contribution in [0, 0.1) is 11.3 Å². The molecule has 2 aliphatic carbocycles. The lowest BCUT2D eigenvalue weighted by Crippen LogP contribution is -2.22. The predicted molar refractivity (Wildman–Crippen MR) is 69.1 cm³/mol. The van der Waals surface area contributed by atoms with Gasteiger partial charge < -0.3 is 5.32 Å². The van der Waals surface area contributed by atoms with Crippen LogP contribution < -0.4 is 5.32 Å². The average Bonchev–Trinajstić information content (AvgIpc) is 2.96. The Morgan fingerprint density at radius 2 is 2.12 bits per heavy atom. The summed E-state index contributed by atoms with van der Waals surface area (Å²) >= 11 is 0. The largest absolute Gasteiger partial charge is 0.369 e. The van der Waals surface area contributed by atoms with E-state index in [-0.39, 0.29) is 0 Å². The number of aryl methyl sites for hydroxylation is 1. The maximum Gasteiger partial charge on any atom is 0.132 e. The van der Waals surface area contributed by atoms with Gasteiger partial charge in [0.25, 0.3) is 0 Å². The zero-order chi connectivity index (χ0) is 11.9. The van der Waals surface area contributed by atoms with Crippen molar-refractivity contribution < 1.29 is 0 Å². The van der Waals surface area contributed by atoms with Gasteiger partial charge in [-0.15, -0.1) is 0 Å². The van der Waals surface area contributed by atoms with Crippen molar-refractivity contribution in [3.05, 3.63) is 17.6 Å². The highest BCUT2D eigenvalue weighted by Crippen LogP contribution is 2.51. The van der Waals surface area contributed by atoms with E-state index in [1.54, 1.807) is 6.33 Å². The van der Waals surface area contributed by atoms with Crippen molar-refractivity contribution in [2.45, 2.75) is 46.0 Å². The van der Waals surface area contributed by atoms with E-state index in [0.29, 0.717) is 5.41 Å². The third-order valence-electron chi connectivity index (χ3n) is 4.60. The van der Waals surface area contributed by atoms with Gasteiger partial charge >= 0.3 is 0 Å². The van der Waals surface area contributed by atoms with Crippen molar-refractivity contribution in [3.63, 3.8) is 0 Å². The van der Waals surface area contributed by atoms with E-state index in [1.807, 2.05) is 0 Å². The van der Waals surface area contributed by atoms with Gasteiger partial charge in [-0.1, -0.05) is 13.8 Å². The summed E-state index contributed by atoms with van der Waals surface area (Å²) in [7, 11) is 0. The standard InChI is InChI=1S/C14H21N3/c1-10(2)14(6-7-14)8-15-13-11-4-3-5-12(11)16-9-17-13/h9-10H,3-8H2,1-2H3,(H,15,16,17). The van der Waals surface area contributed by atoms with Crippen molar-refractivity contribution >= 4 is 5.82 Å². The number of nitrogens with zero attached hydrogens (tertiary/aromatic N) is 2. The fraction of sp³-hybridized carbons (Fsp3) is 0.714. The van der Waals surface area contributed by atoms with Crippen molar-refractivity contribution in [2.24, 2.45) is 11.3 Å². The summed E-state index contributed by atoms with van der Waals surface area (Å²) in [6.45, 7) is 5.74. The Hall–Kier alpha value is -1.12.